The van der Waals surface area contributed by atoms with Gasteiger partial charge in [0.15, 0.2) is 0 Å². The SMILES string of the molecule is COC(=O)c1c(O)cc(C)cc1N1CCOCC1. The molecule has 0 amide bonds. The van der Waals surface area contributed by atoms with Crippen LogP contribution in [0, 0.1) is 6.92 Å². The van der Waals surface area contributed by atoms with Crippen LogP contribution in [0.3, 0.4) is 0 Å². The van der Waals surface area contributed by atoms with Gasteiger partial charge >= 0.3 is 5.97 Å². The highest BCUT2D eigenvalue weighted by atomic mass is 16.5. The van der Waals surface area contributed by atoms with Crippen molar-refractivity contribution in [2.24, 2.45) is 0 Å². The number of aromatic hydroxyl groups is 1. The fourth-order valence-electron chi connectivity index (χ4n) is 2.11. The van der Waals surface area contributed by atoms with E-state index in [1.165, 1.54) is 7.11 Å². The standard InChI is InChI=1S/C13H17NO4/c1-9-7-10(14-3-5-18-6-4-14)12(11(15)8-9)13(16)17-2/h7-8,15H,3-6H2,1-2H3. The maximum absolute atomic E-state index is 11.8. The molecule has 1 aromatic carbocycles. The molecule has 1 aromatic rings. The first kappa shape index (κ1) is 12.7. The molecular formula is C13H17NO4. The van der Waals surface area contributed by atoms with Crippen LogP contribution in [-0.4, -0.2) is 44.5 Å². The Morgan fingerprint density at radius 2 is 2.06 bits per heavy atom. The second-order valence-corrected chi connectivity index (χ2v) is 4.27. The van der Waals surface area contributed by atoms with Crippen molar-refractivity contribution in [1.29, 1.82) is 0 Å². The molecule has 18 heavy (non-hydrogen) atoms. The minimum atomic E-state index is -0.519. The first-order valence-corrected chi connectivity index (χ1v) is 5.88. The van der Waals surface area contributed by atoms with E-state index in [1.807, 2.05) is 17.9 Å². The lowest BCUT2D eigenvalue weighted by Crippen LogP contribution is -2.37. The van der Waals surface area contributed by atoms with Gasteiger partial charge in [-0.25, -0.2) is 4.79 Å². The Kier molecular flexibility index (Phi) is 3.72. The maximum atomic E-state index is 11.8. The molecule has 0 saturated carbocycles. The van der Waals surface area contributed by atoms with Crippen LogP contribution in [0.4, 0.5) is 5.69 Å². The quantitative estimate of drug-likeness (QED) is 0.803. The summed E-state index contributed by atoms with van der Waals surface area (Å²) in [6, 6.07) is 3.45. The van der Waals surface area contributed by atoms with Gasteiger partial charge in [-0.2, -0.15) is 0 Å². The molecule has 5 heteroatoms. The Labute approximate surface area is 106 Å². The molecule has 0 spiro atoms. The Morgan fingerprint density at radius 3 is 2.67 bits per heavy atom. The summed E-state index contributed by atoms with van der Waals surface area (Å²) in [7, 11) is 1.31. The van der Waals surface area contributed by atoms with E-state index in [4.69, 9.17) is 9.47 Å². The van der Waals surface area contributed by atoms with Crippen molar-refractivity contribution in [1.82, 2.24) is 0 Å². The number of hydrogen-bond acceptors (Lipinski definition) is 5. The number of methoxy groups -OCH3 is 1. The molecule has 1 aliphatic rings. The predicted molar refractivity (Wildman–Crippen MR) is 67.2 cm³/mol. The average molecular weight is 251 g/mol. The third-order valence-corrected chi connectivity index (χ3v) is 2.98. The lowest BCUT2D eigenvalue weighted by atomic mass is 10.1. The number of aryl methyl sites for hydroxylation is 1. The first-order valence-electron chi connectivity index (χ1n) is 5.88. The Hall–Kier alpha value is -1.75. The summed E-state index contributed by atoms with van der Waals surface area (Å²) in [4.78, 5) is 13.8. The molecule has 0 bridgehead atoms. The molecule has 1 N–H and O–H groups in total. The van der Waals surface area contributed by atoms with Crippen molar-refractivity contribution in [3.8, 4) is 5.75 Å². The highest BCUT2D eigenvalue weighted by Gasteiger charge is 2.23. The van der Waals surface area contributed by atoms with Crippen molar-refractivity contribution in [3.63, 3.8) is 0 Å². The molecule has 0 atom stereocenters. The Bertz CT molecular complexity index is 453. The molecule has 5 nitrogen and oxygen atoms in total. The number of hydrogen-bond donors (Lipinski definition) is 1. The summed E-state index contributed by atoms with van der Waals surface area (Å²) in [5.74, 6) is -0.558. The van der Waals surface area contributed by atoms with E-state index < -0.39 is 5.97 Å². The Balaban J connectivity index is 2.45. The highest BCUT2D eigenvalue weighted by Crippen LogP contribution is 2.31. The van der Waals surface area contributed by atoms with Crippen LogP contribution in [0.1, 0.15) is 15.9 Å². The van der Waals surface area contributed by atoms with Gasteiger partial charge in [-0.1, -0.05) is 0 Å². The van der Waals surface area contributed by atoms with Gasteiger partial charge in [-0.05, 0) is 24.6 Å². The van der Waals surface area contributed by atoms with Crippen molar-refractivity contribution >= 4 is 11.7 Å². The minimum absolute atomic E-state index is 0.0386. The van der Waals surface area contributed by atoms with Crippen molar-refractivity contribution in [2.45, 2.75) is 6.92 Å². The molecule has 98 valence electrons. The van der Waals surface area contributed by atoms with E-state index in [0.29, 0.717) is 32.0 Å². The summed E-state index contributed by atoms with van der Waals surface area (Å²) in [5.41, 5.74) is 1.84. The van der Waals surface area contributed by atoms with Crippen LogP contribution in [0.15, 0.2) is 12.1 Å². The molecule has 2 rings (SSSR count). The minimum Gasteiger partial charge on any atom is -0.507 e. The monoisotopic (exact) mass is 251 g/mol. The van der Waals surface area contributed by atoms with Crippen LogP contribution in [0.25, 0.3) is 0 Å². The highest BCUT2D eigenvalue weighted by molar-refractivity contribution is 5.99. The van der Waals surface area contributed by atoms with E-state index in [1.54, 1.807) is 6.07 Å². The smallest absolute Gasteiger partial charge is 0.343 e. The average Bonchev–Trinajstić information content (AvgIpc) is 2.38. The van der Waals surface area contributed by atoms with Gasteiger partial charge in [0.1, 0.15) is 11.3 Å². The van der Waals surface area contributed by atoms with Crippen LogP contribution in [-0.2, 0) is 9.47 Å². The van der Waals surface area contributed by atoms with Gasteiger partial charge in [0.25, 0.3) is 0 Å². The fraction of sp³-hybridized carbons (Fsp3) is 0.462. The summed E-state index contributed by atoms with van der Waals surface area (Å²) in [5, 5.41) is 9.95. The molecule has 0 aromatic heterocycles. The summed E-state index contributed by atoms with van der Waals surface area (Å²) in [6.45, 7) is 4.52. The van der Waals surface area contributed by atoms with Crippen molar-refractivity contribution in [3.05, 3.63) is 23.3 Å². The summed E-state index contributed by atoms with van der Waals surface area (Å²) >= 11 is 0. The van der Waals surface area contributed by atoms with E-state index in [0.717, 1.165) is 5.56 Å². The molecule has 1 heterocycles. The molecule has 1 aliphatic heterocycles. The molecule has 1 saturated heterocycles. The van der Waals surface area contributed by atoms with E-state index in [2.05, 4.69) is 0 Å². The zero-order valence-electron chi connectivity index (χ0n) is 10.6. The van der Waals surface area contributed by atoms with Gasteiger partial charge < -0.3 is 19.5 Å². The molecule has 0 radical (unpaired) electrons. The lowest BCUT2D eigenvalue weighted by Gasteiger charge is -2.30. The van der Waals surface area contributed by atoms with Crippen LogP contribution in [0.5, 0.6) is 5.75 Å². The van der Waals surface area contributed by atoms with Crippen LogP contribution < -0.4 is 4.90 Å². The molecule has 0 aliphatic carbocycles. The van der Waals surface area contributed by atoms with Gasteiger partial charge in [0.05, 0.1) is 26.0 Å². The molecular weight excluding hydrogens is 234 g/mol. The second kappa shape index (κ2) is 5.27. The van der Waals surface area contributed by atoms with E-state index in [9.17, 15) is 9.90 Å². The number of anilines is 1. The Morgan fingerprint density at radius 1 is 1.39 bits per heavy atom. The number of benzene rings is 1. The fourth-order valence-corrected chi connectivity index (χ4v) is 2.11. The zero-order chi connectivity index (χ0) is 13.1. The number of phenols is 1. The van der Waals surface area contributed by atoms with Crippen LogP contribution in [0.2, 0.25) is 0 Å². The van der Waals surface area contributed by atoms with Gasteiger partial charge in [0, 0.05) is 13.1 Å². The largest absolute Gasteiger partial charge is 0.507 e. The zero-order valence-corrected chi connectivity index (χ0v) is 10.6. The maximum Gasteiger partial charge on any atom is 0.343 e. The number of carbonyl (C=O) groups is 1. The van der Waals surface area contributed by atoms with Crippen LogP contribution >= 0.6 is 0 Å². The number of rotatable bonds is 2. The van der Waals surface area contributed by atoms with Crippen molar-refractivity contribution < 1.29 is 19.4 Å². The number of carbonyl (C=O) groups excluding carboxylic acids is 1. The van der Waals surface area contributed by atoms with E-state index in [-0.39, 0.29) is 11.3 Å². The first-order chi connectivity index (χ1) is 8.63. The lowest BCUT2D eigenvalue weighted by molar-refractivity contribution is 0.0597. The van der Waals surface area contributed by atoms with Gasteiger partial charge in [-0.15, -0.1) is 0 Å². The van der Waals surface area contributed by atoms with E-state index >= 15 is 0 Å². The third kappa shape index (κ3) is 2.41. The topological polar surface area (TPSA) is 59.0 Å². The number of esters is 1. The van der Waals surface area contributed by atoms with Crippen molar-refractivity contribution in [2.75, 3.05) is 38.3 Å². The van der Waals surface area contributed by atoms with Gasteiger partial charge in [0.2, 0.25) is 0 Å². The molecule has 1 fully saturated rings. The normalized spacial score (nSPS) is 15.6. The summed E-state index contributed by atoms with van der Waals surface area (Å²) in [6.07, 6.45) is 0. The second-order valence-electron chi connectivity index (χ2n) is 4.27. The number of morpholine rings is 1. The third-order valence-electron chi connectivity index (χ3n) is 2.98. The molecule has 0 unspecified atom stereocenters. The predicted octanol–water partition coefficient (Wildman–Crippen LogP) is 1.32. The number of ether oxygens (including phenoxy) is 2. The number of phenolic OH excluding ortho intramolecular Hbond substituents is 1. The summed E-state index contributed by atoms with van der Waals surface area (Å²) < 4.78 is 10.0. The van der Waals surface area contributed by atoms with Gasteiger partial charge in [-0.3, -0.25) is 0 Å². The number of nitrogens with zero attached hydrogens (tertiary/aromatic N) is 1.